The fourth-order valence-corrected chi connectivity index (χ4v) is 7.21. The molecule has 0 fully saturated rings. The smallest absolute Gasteiger partial charge is 0.509 e. The first-order chi connectivity index (χ1) is 26.2. The molecule has 3 aromatic heterocycles. The molecule has 0 saturated heterocycles. The average Bonchev–Trinajstić information content (AvgIpc) is 3.77. The predicted molar refractivity (Wildman–Crippen MR) is 219 cm³/mol. The molecule has 0 spiro atoms. The van der Waals surface area contributed by atoms with E-state index in [1.165, 1.54) is 11.1 Å². The Morgan fingerprint density at radius 1 is 0.727 bits per heavy atom. The van der Waals surface area contributed by atoms with Crippen molar-refractivity contribution in [2.75, 3.05) is 0 Å². The summed E-state index contributed by atoms with van der Waals surface area (Å²) in [7, 11) is 0. The van der Waals surface area contributed by atoms with E-state index in [2.05, 4.69) is 131 Å². The minimum Gasteiger partial charge on any atom is -0.509 e. The summed E-state index contributed by atoms with van der Waals surface area (Å²) in [5.74, 6) is 4.68. The summed E-state index contributed by atoms with van der Waals surface area (Å²) in [6, 6.07) is 42.3. The fourth-order valence-electron chi connectivity index (χ4n) is 7.21. The molecule has 0 aliphatic carbocycles. The minimum absolute atomic E-state index is 0. The number of hydrogen-bond acceptors (Lipinski definition) is 4. The van der Waals surface area contributed by atoms with Gasteiger partial charge in [0.1, 0.15) is 17.3 Å². The number of rotatable bonds is 11. The molecule has 0 unspecified atom stereocenters. The zero-order chi connectivity index (χ0) is 37.3. The molecule has 5 aromatic carbocycles. The van der Waals surface area contributed by atoms with Gasteiger partial charge in [0.05, 0.1) is 6.20 Å². The summed E-state index contributed by atoms with van der Waals surface area (Å²) < 4.78 is 16.9. The van der Waals surface area contributed by atoms with E-state index in [-0.39, 0.29) is 21.1 Å². The van der Waals surface area contributed by atoms with Gasteiger partial charge in [0.2, 0.25) is 0 Å². The van der Waals surface area contributed by atoms with Crippen molar-refractivity contribution in [3.05, 3.63) is 156 Å². The van der Waals surface area contributed by atoms with Crippen molar-refractivity contribution in [1.29, 1.82) is 0 Å². The van der Waals surface area contributed by atoms with Gasteiger partial charge in [0.25, 0.3) is 0 Å². The van der Waals surface area contributed by atoms with Crippen LogP contribution in [0.2, 0.25) is 0 Å². The molecule has 0 N–H and O–H groups in total. The molecule has 6 nitrogen and oxygen atoms in total. The number of aryl methyl sites for hydroxylation is 3. The van der Waals surface area contributed by atoms with Crippen LogP contribution < -0.4 is 9.47 Å². The Morgan fingerprint density at radius 2 is 1.49 bits per heavy atom. The Morgan fingerprint density at radius 3 is 2.25 bits per heavy atom. The second-order valence-electron chi connectivity index (χ2n) is 14.8. The van der Waals surface area contributed by atoms with Crippen LogP contribution in [0.1, 0.15) is 62.3 Å². The van der Waals surface area contributed by atoms with E-state index in [0.717, 1.165) is 79.9 Å². The summed E-state index contributed by atoms with van der Waals surface area (Å²) in [5.41, 5.74) is 9.63. The van der Waals surface area contributed by atoms with Gasteiger partial charge < -0.3 is 14.0 Å². The third kappa shape index (κ3) is 8.02. The van der Waals surface area contributed by atoms with E-state index in [1.54, 1.807) is 0 Å². The zero-order valence-corrected chi connectivity index (χ0v) is 34.3. The van der Waals surface area contributed by atoms with Crippen molar-refractivity contribution in [1.82, 2.24) is 19.3 Å². The van der Waals surface area contributed by atoms with Crippen LogP contribution in [0.25, 0.3) is 44.4 Å². The van der Waals surface area contributed by atoms with Gasteiger partial charge >= 0.3 is 21.1 Å². The van der Waals surface area contributed by atoms with Gasteiger partial charge in [-0.2, -0.15) is 16.7 Å². The zero-order valence-electron chi connectivity index (χ0n) is 32.0. The Labute approximate surface area is 338 Å². The number of hydrogen-bond donors (Lipinski definition) is 0. The topological polar surface area (TPSA) is 54.1 Å². The van der Waals surface area contributed by atoms with Crippen LogP contribution in [0.4, 0.5) is 0 Å². The number of para-hydroxylation sites is 2. The number of ether oxygens (including phenoxy) is 2. The first kappa shape index (κ1) is 37.8. The van der Waals surface area contributed by atoms with Gasteiger partial charge in [0, 0.05) is 35.0 Å². The first-order valence-corrected chi connectivity index (χ1v) is 18.8. The predicted octanol–water partition coefficient (Wildman–Crippen LogP) is 12.5. The van der Waals surface area contributed by atoms with Crippen molar-refractivity contribution < 1.29 is 30.5 Å². The SMILES string of the molecule is Cc1cc(Oc2ccccc2)cc(C)c1-c1cnn(-c2[c-]c(Oc3[c-]c4c(cc3)c3ccccc3n4-c3cc(C(C)C)ccn3)cc(CCC(C)C)c2)c1.[Pt+2]. The van der Waals surface area contributed by atoms with Crippen LogP contribution in [0.3, 0.4) is 0 Å². The maximum atomic E-state index is 6.64. The van der Waals surface area contributed by atoms with Gasteiger partial charge in [-0.05, 0) is 108 Å². The van der Waals surface area contributed by atoms with Gasteiger partial charge in [-0.25, -0.2) is 4.98 Å². The quantitative estimate of drug-likeness (QED) is 0.121. The van der Waals surface area contributed by atoms with Gasteiger partial charge in [-0.3, -0.25) is 4.68 Å². The standard InChI is InChI=1S/C48H44N4O2.Pt/c1-31(2)16-17-35-24-38(51-30-37(29-50-51)48-33(5)22-41(23-34(48)6)53-39-12-8-7-9-13-39)27-42(25-35)54-40-18-19-44-43-14-10-11-15-45(43)52(46(44)28-40)47-26-36(32(3)4)20-21-49-47;/h7-15,18-26,29-32H,16-17H2,1-6H3;/q-2;+2. The van der Waals surface area contributed by atoms with Gasteiger partial charge in [-0.15, -0.1) is 35.7 Å². The molecular formula is C48H44N4O2Pt. The van der Waals surface area contributed by atoms with Crippen LogP contribution in [-0.2, 0) is 27.5 Å². The number of benzene rings is 5. The van der Waals surface area contributed by atoms with Crippen LogP contribution in [-0.4, -0.2) is 19.3 Å². The molecule has 0 saturated carbocycles. The fraction of sp³-hybridized carbons (Fsp3) is 0.208. The summed E-state index contributed by atoms with van der Waals surface area (Å²) in [6.07, 6.45) is 7.86. The van der Waals surface area contributed by atoms with Crippen molar-refractivity contribution >= 4 is 21.8 Å². The molecule has 278 valence electrons. The molecule has 0 bridgehead atoms. The van der Waals surface area contributed by atoms with E-state index in [9.17, 15) is 0 Å². The normalized spacial score (nSPS) is 11.4. The molecule has 0 radical (unpaired) electrons. The molecule has 3 heterocycles. The molecule has 0 aliphatic heterocycles. The second kappa shape index (κ2) is 16.1. The number of pyridine rings is 1. The minimum atomic E-state index is 0. The number of fused-ring (bicyclic) bond motifs is 3. The summed E-state index contributed by atoms with van der Waals surface area (Å²) in [4.78, 5) is 4.81. The monoisotopic (exact) mass is 903 g/mol. The van der Waals surface area contributed by atoms with Gasteiger partial charge in [-0.1, -0.05) is 76.0 Å². The van der Waals surface area contributed by atoms with E-state index >= 15 is 0 Å². The van der Waals surface area contributed by atoms with Crippen LogP contribution >= 0.6 is 0 Å². The van der Waals surface area contributed by atoms with Crippen LogP contribution in [0.5, 0.6) is 23.0 Å². The molecule has 0 aliphatic rings. The summed E-state index contributed by atoms with van der Waals surface area (Å²) >= 11 is 0. The third-order valence-corrected chi connectivity index (χ3v) is 9.95. The maximum absolute atomic E-state index is 6.64. The average molecular weight is 904 g/mol. The summed E-state index contributed by atoms with van der Waals surface area (Å²) in [5, 5.41) is 7.07. The number of nitrogens with zero attached hydrogens (tertiary/aromatic N) is 4. The van der Waals surface area contributed by atoms with Crippen molar-refractivity contribution in [2.24, 2.45) is 5.92 Å². The Hall–Kier alpha value is -5.45. The third-order valence-electron chi connectivity index (χ3n) is 9.95. The molecule has 8 aromatic rings. The van der Waals surface area contributed by atoms with Crippen molar-refractivity contribution in [2.45, 2.75) is 60.3 Å². The van der Waals surface area contributed by atoms with Crippen molar-refractivity contribution in [3.8, 4) is 45.6 Å². The molecule has 7 heteroatoms. The second-order valence-corrected chi connectivity index (χ2v) is 14.8. The molecular weight excluding hydrogens is 860 g/mol. The largest absolute Gasteiger partial charge is 2.00 e. The van der Waals surface area contributed by atoms with E-state index < -0.39 is 0 Å². The Bertz CT molecular complexity index is 2580. The van der Waals surface area contributed by atoms with E-state index in [1.807, 2.05) is 53.5 Å². The first-order valence-electron chi connectivity index (χ1n) is 18.8. The van der Waals surface area contributed by atoms with Gasteiger partial charge in [0.15, 0.2) is 0 Å². The van der Waals surface area contributed by atoms with Crippen molar-refractivity contribution in [3.63, 3.8) is 0 Å². The maximum Gasteiger partial charge on any atom is 2.00 e. The van der Waals surface area contributed by atoms with Crippen LogP contribution in [0, 0.1) is 31.9 Å². The number of aromatic nitrogens is 4. The molecule has 0 atom stereocenters. The Kier molecular flexibility index (Phi) is 11.1. The van der Waals surface area contributed by atoms with E-state index in [4.69, 9.17) is 19.6 Å². The van der Waals surface area contributed by atoms with Crippen LogP contribution in [0.15, 0.2) is 122 Å². The molecule has 55 heavy (non-hydrogen) atoms. The summed E-state index contributed by atoms with van der Waals surface area (Å²) in [6.45, 7) is 13.1. The molecule has 0 amide bonds. The molecule has 8 rings (SSSR count). The Balaban J connectivity index is 0.00000465. The van der Waals surface area contributed by atoms with E-state index in [0.29, 0.717) is 23.3 Å².